The normalized spacial score (nSPS) is 13.8. The Bertz CT molecular complexity index is 1170. The lowest BCUT2D eigenvalue weighted by atomic mass is 10.2. The SMILES string of the molecule is Cc1cc(=O)c(C(=O)Nc2cc(Cl)ccc2N2CCOCC2)nn1-c1ccc(Cl)cc1. The number of halogens is 2. The molecule has 0 radical (unpaired) electrons. The van der Waals surface area contributed by atoms with Crippen molar-refractivity contribution in [1.82, 2.24) is 9.78 Å². The smallest absolute Gasteiger partial charge is 0.280 e. The van der Waals surface area contributed by atoms with Gasteiger partial charge in [0, 0.05) is 34.9 Å². The maximum atomic E-state index is 13.0. The van der Waals surface area contributed by atoms with Gasteiger partial charge in [-0.25, -0.2) is 4.68 Å². The summed E-state index contributed by atoms with van der Waals surface area (Å²) in [6, 6.07) is 13.6. The monoisotopic (exact) mass is 458 g/mol. The molecule has 1 aromatic heterocycles. The minimum atomic E-state index is -0.607. The Morgan fingerprint density at radius 3 is 2.42 bits per heavy atom. The summed E-state index contributed by atoms with van der Waals surface area (Å²) in [5.74, 6) is -0.607. The largest absolute Gasteiger partial charge is 0.378 e. The van der Waals surface area contributed by atoms with Gasteiger partial charge in [0.2, 0.25) is 5.43 Å². The number of benzene rings is 2. The third-order valence-electron chi connectivity index (χ3n) is 4.95. The van der Waals surface area contributed by atoms with Crippen LogP contribution in [0.1, 0.15) is 16.2 Å². The number of nitrogens with zero attached hydrogens (tertiary/aromatic N) is 3. The zero-order valence-electron chi connectivity index (χ0n) is 16.8. The van der Waals surface area contributed by atoms with Crippen molar-refractivity contribution in [3.05, 3.63) is 80.2 Å². The molecule has 1 aliphatic heterocycles. The number of rotatable bonds is 4. The van der Waals surface area contributed by atoms with Gasteiger partial charge in [-0.2, -0.15) is 5.10 Å². The maximum Gasteiger partial charge on any atom is 0.280 e. The fraction of sp³-hybridized carbons (Fsp3) is 0.227. The minimum Gasteiger partial charge on any atom is -0.378 e. The molecule has 2 aromatic carbocycles. The van der Waals surface area contributed by atoms with Crippen LogP contribution >= 0.6 is 23.2 Å². The first-order valence-corrected chi connectivity index (χ1v) is 10.5. The van der Waals surface area contributed by atoms with Crippen molar-refractivity contribution in [2.75, 3.05) is 36.5 Å². The first kappa shape index (κ1) is 21.4. The second-order valence-corrected chi connectivity index (χ2v) is 7.97. The quantitative estimate of drug-likeness (QED) is 0.640. The molecule has 1 aliphatic rings. The Labute approximate surface area is 189 Å². The molecular weight excluding hydrogens is 439 g/mol. The molecule has 1 fully saturated rings. The fourth-order valence-electron chi connectivity index (χ4n) is 3.42. The number of carbonyl (C=O) groups is 1. The van der Waals surface area contributed by atoms with Gasteiger partial charge in [0.05, 0.1) is 30.3 Å². The highest BCUT2D eigenvalue weighted by Crippen LogP contribution is 2.30. The van der Waals surface area contributed by atoms with E-state index in [1.54, 1.807) is 43.3 Å². The Morgan fingerprint density at radius 2 is 1.71 bits per heavy atom. The lowest BCUT2D eigenvalue weighted by molar-refractivity contribution is 0.101. The van der Waals surface area contributed by atoms with Crippen molar-refractivity contribution in [3.63, 3.8) is 0 Å². The van der Waals surface area contributed by atoms with Crippen LogP contribution in [-0.4, -0.2) is 42.0 Å². The number of aromatic nitrogens is 2. The predicted octanol–water partition coefficient (Wildman–Crippen LogP) is 3.94. The van der Waals surface area contributed by atoms with E-state index < -0.39 is 11.3 Å². The van der Waals surface area contributed by atoms with Crippen LogP contribution in [0.4, 0.5) is 11.4 Å². The van der Waals surface area contributed by atoms with Gasteiger partial charge in [-0.15, -0.1) is 0 Å². The highest BCUT2D eigenvalue weighted by Gasteiger charge is 2.20. The molecule has 0 bridgehead atoms. The average Bonchev–Trinajstić information content (AvgIpc) is 2.75. The molecule has 0 spiro atoms. The summed E-state index contributed by atoms with van der Waals surface area (Å²) in [5, 5.41) is 8.18. The molecule has 3 aromatic rings. The van der Waals surface area contributed by atoms with Crippen LogP contribution in [-0.2, 0) is 4.74 Å². The van der Waals surface area contributed by atoms with Crippen LogP contribution in [0.3, 0.4) is 0 Å². The number of hydrogen-bond donors (Lipinski definition) is 1. The van der Waals surface area contributed by atoms with E-state index in [0.29, 0.717) is 53.4 Å². The molecule has 9 heteroatoms. The van der Waals surface area contributed by atoms with E-state index in [9.17, 15) is 9.59 Å². The first-order valence-electron chi connectivity index (χ1n) is 9.73. The van der Waals surface area contributed by atoms with Crippen molar-refractivity contribution >= 4 is 40.5 Å². The van der Waals surface area contributed by atoms with E-state index in [0.717, 1.165) is 5.69 Å². The Hall–Kier alpha value is -2.87. The van der Waals surface area contributed by atoms with E-state index in [-0.39, 0.29) is 5.69 Å². The Morgan fingerprint density at radius 1 is 1.03 bits per heavy atom. The summed E-state index contributed by atoms with van der Waals surface area (Å²) in [4.78, 5) is 27.7. The molecular formula is C22H20Cl2N4O3. The van der Waals surface area contributed by atoms with Gasteiger partial charge in [0.15, 0.2) is 5.69 Å². The molecule has 0 unspecified atom stereocenters. The molecule has 31 heavy (non-hydrogen) atoms. The molecule has 160 valence electrons. The van der Waals surface area contributed by atoms with Gasteiger partial charge in [-0.3, -0.25) is 9.59 Å². The number of ether oxygens (including phenoxy) is 1. The number of nitrogens with one attached hydrogen (secondary N) is 1. The van der Waals surface area contributed by atoms with Crippen molar-refractivity contribution in [3.8, 4) is 5.69 Å². The molecule has 1 saturated heterocycles. The third-order valence-corrected chi connectivity index (χ3v) is 5.44. The van der Waals surface area contributed by atoms with Crippen LogP contribution in [0, 0.1) is 6.92 Å². The summed E-state index contributed by atoms with van der Waals surface area (Å²) in [6.07, 6.45) is 0. The highest BCUT2D eigenvalue weighted by molar-refractivity contribution is 6.31. The standard InChI is InChI=1S/C22H20Cl2N4O3/c1-14-12-20(29)21(26-28(14)17-5-2-15(23)3-6-17)22(30)25-18-13-16(24)4-7-19(18)27-8-10-31-11-9-27/h2-7,12-13H,8-11H2,1H3,(H,25,30). The zero-order chi connectivity index (χ0) is 22.0. The molecule has 7 nitrogen and oxygen atoms in total. The van der Waals surface area contributed by atoms with Crippen LogP contribution in [0.5, 0.6) is 0 Å². The van der Waals surface area contributed by atoms with Gasteiger partial charge >= 0.3 is 0 Å². The number of aryl methyl sites for hydroxylation is 1. The summed E-state index contributed by atoms with van der Waals surface area (Å²) in [5.41, 5.74) is 1.93. The Kier molecular flexibility index (Phi) is 6.27. The molecule has 0 atom stereocenters. The van der Waals surface area contributed by atoms with Crippen molar-refractivity contribution in [2.45, 2.75) is 6.92 Å². The van der Waals surface area contributed by atoms with Crippen LogP contribution < -0.4 is 15.6 Å². The summed E-state index contributed by atoms with van der Waals surface area (Å²) >= 11 is 12.1. The Balaban J connectivity index is 1.68. The zero-order valence-corrected chi connectivity index (χ0v) is 18.3. The van der Waals surface area contributed by atoms with E-state index in [4.69, 9.17) is 27.9 Å². The van der Waals surface area contributed by atoms with E-state index in [1.807, 2.05) is 6.07 Å². The minimum absolute atomic E-state index is 0.214. The van der Waals surface area contributed by atoms with E-state index in [1.165, 1.54) is 10.7 Å². The van der Waals surface area contributed by atoms with Crippen LogP contribution in [0.15, 0.2) is 53.3 Å². The molecule has 4 rings (SSSR count). The topological polar surface area (TPSA) is 76.5 Å². The summed E-state index contributed by atoms with van der Waals surface area (Å²) in [7, 11) is 0. The number of amides is 1. The molecule has 2 heterocycles. The first-order chi connectivity index (χ1) is 14.9. The predicted molar refractivity (Wildman–Crippen MR) is 122 cm³/mol. The van der Waals surface area contributed by atoms with Gasteiger partial charge < -0.3 is 15.0 Å². The fourth-order valence-corrected chi connectivity index (χ4v) is 3.72. The number of hydrogen-bond acceptors (Lipinski definition) is 5. The summed E-state index contributed by atoms with van der Waals surface area (Å²) in [6.45, 7) is 4.33. The van der Waals surface area contributed by atoms with Crippen molar-refractivity contribution in [1.29, 1.82) is 0 Å². The van der Waals surface area contributed by atoms with E-state index >= 15 is 0 Å². The average molecular weight is 459 g/mol. The van der Waals surface area contributed by atoms with Crippen LogP contribution in [0.25, 0.3) is 5.69 Å². The maximum absolute atomic E-state index is 13.0. The lowest BCUT2D eigenvalue weighted by Crippen LogP contribution is -2.37. The third kappa shape index (κ3) is 4.74. The number of carbonyl (C=O) groups excluding carboxylic acids is 1. The van der Waals surface area contributed by atoms with Gasteiger partial charge in [0.1, 0.15) is 0 Å². The van der Waals surface area contributed by atoms with Gasteiger partial charge in [0.25, 0.3) is 5.91 Å². The van der Waals surface area contributed by atoms with Crippen molar-refractivity contribution < 1.29 is 9.53 Å². The second-order valence-electron chi connectivity index (χ2n) is 7.10. The number of morpholine rings is 1. The summed E-state index contributed by atoms with van der Waals surface area (Å²) < 4.78 is 6.94. The molecule has 1 amide bonds. The molecule has 0 saturated carbocycles. The lowest BCUT2D eigenvalue weighted by Gasteiger charge is -2.30. The number of anilines is 2. The molecule has 0 aliphatic carbocycles. The highest BCUT2D eigenvalue weighted by atomic mass is 35.5. The van der Waals surface area contributed by atoms with Crippen LogP contribution in [0.2, 0.25) is 10.0 Å². The van der Waals surface area contributed by atoms with Gasteiger partial charge in [-0.1, -0.05) is 23.2 Å². The second kappa shape index (κ2) is 9.09. The van der Waals surface area contributed by atoms with Gasteiger partial charge in [-0.05, 0) is 49.4 Å². The van der Waals surface area contributed by atoms with E-state index in [2.05, 4.69) is 15.3 Å². The van der Waals surface area contributed by atoms with Crippen molar-refractivity contribution in [2.24, 2.45) is 0 Å². The molecule has 1 N–H and O–H groups in total.